The zero-order chi connectivity index (χ0) is 19.8. The first kappa shape index (κ1) is 21.5. The predicted octanol–water partition coefficient (Wildman–Crippen LogP) is 5.05. The Morgan fingerprint density at radius 3 is 2.44 bits per heavy atom. The van der Waals surface area contributed by atoms with Gasteiger partial charge in [-0.3, -0.25) is 13.6 Å². The molecule has 1 heterocycles. The molecule has 0 aliphatic carbocycles. The summed E-state index contributed by atoms with van der Waals surface area (Å²) in [5, 5.41) is 0.397. The number of ether oxygens (including phenoxy) is 1. The number of nitrogens with one attached hydrogen (secondary N) is 1. The summed E-state index contributed by atoms with van der Waals surface area (Å²) >= 11 is 3.60. The zero-order valence-corrected chi connectivity index (χ0v) is 17.0. The summed E-state index contributed by atoms with van der Waals surface area (Å²) in [4.78, 5) is 27.9. The van der Waals surface area contributed by atoms with Gasteiger partial charge in [0.2, 0.25) is 5.43 Å². The van der Waals surface area contributed by atoms with Crippen LogP contribution < -0.4 is 5.43 Å². The third-order valence-corrected chi connectivity index (χ3v) is 5.41. The summed E-state index contributed by atoms with van der Waals surface area (Å²) < 4.78 is 30.8. The molecule has 0 fully saturated rings. The standard InChI is InChI=1S/C20H24BrF2NO3/c1-2-27-20(26)16-12-24-18-14(8-4-6-10-23)17(21)13(7-3-5-9-22)11-15(18)19(16)25/h11-12H,2-10H2,1H3,(H,24,25). The van der Waals surface area contributed by atoms with Crippen LogP contribution >= 0.6 is 15.9 Å². The topological polar surface area (TPSA) is 59.2 Å². The highest BCUT2D eigenvalue weighted by atomic mass is 79.9. The second-order valence-electron chi connectivity index (χ2n) is 6.29. The number of H-pyrrole nitrogens is 1. The minimum Gasteiger partial charge on any atom is -0.462 e. The van der Waals surface area contributed by atoms with Crippen LogP contribution in [0.2, 0.25) is 0 Å². The molecule has 0 radical (unpaired) electrons. The largest absolute Gasteiger partial charge is 0.462 e. The number of carbonyl (C=O) groups is 1. The van der Waals surface area contributed by atoms with Gasteiger partial charge in [0.25, 0.3) is 0 Å². The summed E-state index contributed by atoms with van der Waals surface area (Å²) in [7, 11) is 0. The van der Waals surface area contributed by atoms with Crippen LogP contribution in [-0.2, 0) is 17.6 Å². The second kappa shape index (κ2) is 10.5. The Hall–Kier alpha value is -1.76. The van der Waals surface area contributed by atoms with Gasteiger partial charge in [-0.25, -0.2) is 4.79 Å². The monoisotopic (exact) mass is 443 g/mol. The summed E-state index contributed by atoms with van der Waals surface area (Å²) in [5.41, 5.74) is 1.96. The van der Waals surface area contributed by atoms with Crippen LogP contribution in [0, 0.1) is 0 Å². The Bertz CT molecular complexity index is 851. The number of benzene rings is 1. The minimum absolute atomic E-state index is 0.0453. The molecule has 1 aromatic heterocycles. The first-order chi connectivity index (χ1) is 13.0. The van der Waals surface area contributed by atoms with Crippen molar-refractivity contribution in [2.75, 3.05) is 20.0 Å². The average molecular weight is 444 g/mol. The number of aromatic nitrogens is 1. The molecule has 0 aliphatic heterocycles. The molecule has 0 atom stereocenters. The maximum Gasteiger partial charge on any atom is 0.343 e. The van der Waals surface area contributed by atoms with Gasteiger partial charge >= 0.3 is 5.97 Å². The van der Waals surface area contributed by atoms with E-state index in [4.69, 9.17) is 4.74 Å². The molecule has 4 nitrogen and oxygen atoms in total. The van der Waals surface area contributed by atoms with Gasteiger partial charge in [-0.05, 0) is 62.6 Å². The molecule has 0 saturated carbocycles. The Kier molecular flexibility index (Phi) is 8.41. The molecule has 0 unspecified atom stereocenters. The van der Waals surface area contributed by atoms with Gasteiger partial charge in [0.05, 0.1) is 25.5 Å². The van der Waals surface area contributed by atoms with Crippen molar-refractivity contribution in [3.8, 4) is 0 Å². The molecule has 7 heteroatoms. The highest BCUT2D eigenvalue weighted by Crippen LogP contribution is 2.31. The first-order valence-corrected chi connectivity index (χ1v) is 9.99. The number of unbranched alkanes of at least 4 members (excludes halogenated alkanes) is 2. The highest BCUT2D eigenvalue weighted by molar-refractivity contribution is 9.10. The van der Waals surface area contributed by atoms with Crippen LogP contribution in [0.5, 0.6) is 0 Å². The van der Waals surface area contributed by atoms with Crippen LogP contribution in [-0.4, -0.2) is 30.9 Å². The number of fused-ring (bicyclic) bond motifs is 1. The Morgan fingerprint density at radius 2 is 1.81 bits per heavy atom. The van der Waals surface area contributed by atoms with E-state index in [1.165, 1.54) is 6.20 Å². The van der Waals surface area contributed by atoms with E-state index in [-0.39, 0.29) is 18.8 Å². The summed E-state index contributed by atoms with van der Waals surface area (Å²) in [6.07, 6.45) is 4.74. The van der Waals surface area contributed by atoms with Crippen molar-refractivity contribution in [1.82, 2.24) is 4.98 Å². The van der Waals surface area contributed by atoms with Crippen LogP contribution in [0.1, 0.15) is 54.1 Å². The molecule has 0 bridgehead atoms. The van der Waals surface area contributed by atoms with E-state index in [0.717, 1.165) is 15.6 Å². The van der Waals surface area contributed by atoms with Crippen molar-refractivity contribution >= 4 is 32.8 Å². The number of alkyl halides is 2. The lowest BCUT2D eigenvalue weighted by molar-refractivity contribution is 0.0524. The van der Waals surface area contributed by atoms with E-state index in [0.29, 0.717) is 49.4 Å². The number of pyridine rings is 1. The van der Waals surface area contributed by atoms with E-state index in [9.17, 15) is 18.4 Å². The lowest BCUT2D eigenvalue weighted by atomic mass is 9.97. The quantitative estimate of drug-likeness (QED) is 0.412. The maximum atomic E-state index is 12.9. The lowest BCUT2D eigenvalue weighted by Gasteiger charge is -2.14. The predicted molar refractivity (Wildman–Crippen MR) is 106 cm³/mol. The smallest absolute Gasteiger partial charge is 0.343 e. The highest BCUT2D eigenvalue weighted by Gasteiger charge is 2.18. The molecular formula is C20H24BrF2NO3. The van der Waals surface area contributed by atoms with Crippen molar-refractivity contribution in [1.29, 1.82) is 0 Å². The fourth-order valence-electron chi connectivity index (χ4n) is 3.06. The van der Waals surface area contributed by atoms with E-state index in [2.05, 4.69) is 20.9 Å². The van der Waals surface area contributed by atoms with Crippen LogP contribution in [0.4, 0.5) is 8.78 Å². The third-order valence-electron chi connectivity index (χ3n) is 4.42. The summed E-state index contributed by atoms with van der Waals surface area (Å²) in [6, 6.07) is 1.75. The van der Waals surface area contributed by atoms with Crippen molar-refractivity contribution in [2.24, 2.45) is 0 Å². The molecule has 1 aromatic carbocycles. The minimum atomic E-state index is -0.665. The van der Waals surface area contributed by atoms with E-state index >= 15 is 0 Å². The van der Waals surface area contributed by atoms with Gasteiger partial charge in [0.15, 0.2) is 0 Å². The summed E-state index contributed by atoms with van der Waals surface area (Å²) in [6.45, 7) is 1.08. The van der Waals surface area contributed by atoms with E-state index in [1.54, 1.807) is 13.0 Å². The van der Waals surface area contributed by atoms with E-state index in [1.807, 2.05) is 0 Å². The molecule has 0 spiro atoms. The number of aromatic amines is 1. The number of carbonyl (C=O) groups excluding carboxylic acids is 1. The number of halogens is 3. The average Bonchev–Trinajstić information content (AvgIpc) is 2.65. The van der Waals surface area contributed by atoms with Crippen molar-refractivity contribution in [3.05, 3.63) is 43.6 Å². The molecule has 0 amide bonds. The zero-order valence-electron chi connectivity index (χ0n) is 15.4. The molecule has 1 N–H and O–H groups in total. The molecule has 2 rings (SSSR count). The number of hydrogen-bond donors (Lipinski definition) is 1. The Balaban J connectivity index is 2.57. The Labute approximate surface area is 165 Å². The number of aryl methyl sites for hydroxylation is 2. The number of esters is 1. The van der Waals surface area contributed by atoms with Crippen LogP contribution in [0.25, 0.3) is 10.9 Å². The van der Waals surface area contributed by atoms with Gasteiger partial charge in [0.1, 0.15) is 5.56 Å². The fraction of sp³-hybridized carbons (Fsp3) is 0.500. The second-order valence-corrected chi connectivity index (χ2v) is 7.09. The van der Waals surface area contributed by atoms with Crippen LogP contribution in [0.3, 0.4) is 0 Å². The van der Waals surface area contributed by atoms with E-state index < -0.39 is 18.1 Å². The number of hydrogen-bond acceptors (Lipinski definition) is 3. The van der Waals surface area contributed by atoms with Gasteiger partial charge < -0.3 is 9.72 Å². The molecule has 27 heavy (non-hydrogen) atoms. The fourth-order valence-corrected chi connectivity index (χ4v) is 3.77. The molecule has 0 saturated heterocycles. The van der Waals surface area contributed by atoms with Crippen molar-refractivity contribution in [3.63, 3.8) is 0 Å². The van der Waals surface area contributed by atoms with Crippen LogP contribution in [0.15, 0.2) is 21.5 Å². The normalized spacial score (nSPS) is 11.1. The van der Waals surface area contributed by atoms with Gasteiger partial charge in [-0.1, -0.05) is 15.9 Å². The van der Waals surface area contributed by atoms with Gasteiger partial charge in [0, 0.05) is 16.1 Å². The maximum absolute atomic E-state index is 12.9. The molecule has 0 aliphatic rings. The Morgan fingerprint density at radius 1 is 1.15 bits per heavy atom. The first-order valence-electron chi connectivity index (χ1n) is 9.19. The van der Waals surface area contributed by atoms with Crippen molar-refractivity contribution < 1.29 is 18.3 Å². The third kappa shape index (κ3) is 5.15. The number of rotatable bonds is 10. The molecule has 2 aromatic rings. The lowest BCUT2D eigenvalue weighted by Crippen LogP contribution is -2.19. The van der Waals surface area contributed by atoms with Gasteiger partial charge in [-0.15, -0.1) is 0 Å². The molecular weight excluding hydrogens is 420 g/mol. The van der Waals surface area contributed by atoms with Gasteiger partial charge in [-0.2, -0.15) is 0 Å². The van der Waals surface area contributed by atoms with Crippen molar-refractivity contribution in [2.45, 2.75) is 45.4 Å². The molecule has 148 valence electrons. The SMILES string of the molecule is CCOC(=O)c1c[nH]c2c(CCCCF)c(Br)c(CCCCF)cc2c1=O. The summed E-state index contributed by atoms with van der Waals surface area (Å²) in [5.74, 6) is -0.665.